The molecule has 0 saturated heterocycles. The molecule has 0 bridgehead atoms. The van der Waals surface area contributed by atoms with Gasteiger partial charge in [-0.15, -0.1) is 11.8 Å². The first kappa shape index (κ1) is 24.7. The molecule has 2 aromatic carbocycles. The van der Waals surface area contributed by atoms with Gasteiger partial charge >= 0.3 is 0 Å². The minimum atomic E-state index is -0.769. The number of hydrogen-bond donors (Lipinski definition) is 0. The number of nitro groups is 4. The highest BCUT2D eigenvalue weighted by molar-refractivity contribution is 7.98. The first-order chi connectivity index (χ1) is 12.6. The van der Waals surface area contributed by atoms with Gasteiger partial charge in [0, 0.05) is 12.1 Å². The lowest BCUT2D eigenvalue weighted by molar-refractivity contribution is -0.396. The van der Waals surface area contributed by atoms with Gasteiger partial charge in [-0.25, -0.2) is 0 Å². The molecule has 150 valence electrons. The molecule has 0 aliphatic rings. The van der Waals surface area contributed by atoms with Gasteiger partial charge in [-0.3, -0.25) is 40.5 Å². The van der Waals surface area contributed by atoms with Crippen molar-refractivity contribution in [3.8, 4) is 0 Å². The highest BCUT2D eigenvalue weighted by atomic mass is 35.5. The molecule has 0 saturated carbocycles. The molecule has 0 fully saturated rings. The molecular weight excluding hydrogens is 420 g/mol. The lowest BCUT2D eigenvalue weighted by Gasteiger charge is -1.98. The summed E-state index contributed by atoms with van der Waals surface area (Å²) in [4.78, 5) is 39.0. The zero-order valence-electron chi connectivity index (χ0n) is 13.3. The fourth-order valence-corrected chi connectivity index (χ4v) is 2.42. The summed E-state index contributed by atoms with van der Waals surface area (Å²) in [7, 11) is 0. The van der Waals surface area contributed by atoms with Gasteiger partial charge in [0.2, 0.25) is 0 Å². The Morgan fingerprint density at radius 1 is 0.750 bits per heavy atom. The van der Waals surface area contributed by atoms with Crippen LogP contribution >= 0.6 is 23.4 Å². The average Bonchev–Trinajstić information content (AvgIpc) is 2.61. The van der Waals surface area contributed by atoms with E-state index < -0.39 is 25.4 Å². The SMILES string of the molecule is C.CSc1ccc([N+](=O)[O-])cc1[N+](=O)[O-].O=[N+]([O-])c1ccc(Cl)c([N+](=O)[O-])c1. The topological polar surface area (TPSA) is 173 Å². The Hall–Kier alpha value is -3.32. The average molecular weight is 433 g/mol. The molecule has 0 unspecified atom stereocenters. The van der Waals surface area contributed by atoms with Crippen LogP contribution in [-0.4, -0.2) is 25.9 Å². The van der Waals surface area contributed by atoms with E-state index >= 15 is 0 Å². The van der Waals surface area contributed by atoms with Gasteiger partial charge in [-0.05, 0) is 18.4 Å². The summed E-state index contributed by atoms with van der Waals surface area (Å²) >= 11 is 6.61. The summed E-state index contributed by atoms with van der Waals surface area (Å²) in [6, 6.07) is 6.64. The standard InChI is InChI=1S/C7H6N2O4S.C6H3ClN2O4.CH4/c1-14-7-3-2-5(8(10)11)4-6(7)9(12)13;7-5-2-1-4(8(10)11)3-6(5)9(12)13;/h2-4H,1H3;1-3H;1H4. The predicted octanol–water partition coefficient (Wildman–Crippen LogP) is 5.02. The zero-order chi connectivity index (χ0) is 20.7. The second kappa shape index (κ2) is 10.7. The third-order valence-electron chi connectivity index (χ3n) is 2.91. The Kier molecular flexibility index (Phi) is 9.46. The first-order valence-electron chi connectivity index (χ1n) is 6.63. The molecule has 0 amide bonds. The number of benzene rings is 2. The zero-order valence-corrected chi connectivity index (χ0v) is 14.9. The van der Waals surface area contributed by atoms with E-state index in [1.54, 1.807) is 6.26 Å². The maximum absolute atomic E-state index is 10.5. The van der Waals surface area contributed by atoms with Crippen LogP contribution in [0.2, 0.25) is 5.02 Å². The van der Waals surface area contributed by atoms with Crippen LogP contribution in [0.25, 0.3) is 0 Å². The van der Waals surface area contributed by atoms with Crippen molar-refractivity contribution in [1.29, 1.82) is 0 Å². The Morgan fingerprint density at radius 3 is 1.57 bits per heavy atom. The van der Waals surface area contributed by atoms with Gasteiger partial charge in [-0.2, -0.15) is 0 Å². The van der Waals surface area contributed by atoms with Crippen molar-refractivity contribution in [3.63, 3.8) is 0 Å². The molecule has 0 atom stereocenters. The fraction of sp³-hybridized carbons (Fsp3) is 0.143. The van der Waals surface area contributed by atoms with E-state index in [4.69, 9.17) is 11.6 Å². The number of rotatable bonds is 5. The van der Waals surface area contributed by atoms with Gasteiger partial charge in [0.05, 0.1) is 36.7 Å². The van der Waals surface area contributed by atoms with E-state index in [0.717, 1.165) is 24.3 Å². The second-order valence-electron chi connectivity index (χ2n) is 4.52. The van der Waals surface area contributed by atoms with Crippen LogP contribution in [0.5, 0.6) is 0 Å². The van der Waals surface area contributed by atoms with Crippen molar-refractivity contribution < 1.29 is 19.7 Å². The van der Waals surface area contributed by atoms with E-state index in [9.17, 15) is 40.5 Å². The summed E-state index contributed by atoms with van der Waals surface area (Å²) in [5.41, 5.74) is -1.31. The number of non-ortho nitro benzene ring substituents is 2. The van der Waals surface area contributed by atoms with Crippen molar-refractivity contribution in [2.75, 3.05) is 6.26 Å². The molecule has 0 aliphatic carbocycles. The highest BCUT2D eigenvalue weighted by Gasteiger charge is 2.18. The number of hydrogen-bond acceptors (Lipinski definition) is 9. The van der Waals surface area contributed by atoms with Crippen LogP contribution in [0.3, 0.4) is 0 Å². The van der Waals surface area contributed by atoms with Crippen molar-refractivity contribution in [2.24, 2.45) is 0 Å². The minimum absolute atomic E-state index is 0. The van der Waals surface area contributed by atoms with Crippen LogP contribution in [0.4, 0.5) is 22.7 Å². The molecular formula is C14H13ClN4O8S. The number of thioether (sulfide) groups is 1. The number of nitrogens with zero attached hydrogens (tertiary/aromatic N) is 4. The van der Waals surface area contributed by atoms with Crippen LogP contribution in [0.1, 0.15) is 7.43 Å². The molecule has 0 spiro atoms. The largest absolute Gasteiger partial charge is 0.294 e. The molecule has 14 heteroatoms. The molecule has 12 nitrogen and oxygen atoms in total. The maximum Gasteiger partial charge on any atom is 0.294 e. The van der Waals surface area contributed by atoms with Crippen molar-refractivity contribution in [2.45, 2.75) is 12.3 Å². The van der Waals surface area contributed by atoms with Gasteiger partial charge in [0.15, 0.2) is 0 Å². The van der Waals surface area contributed by atoms with Crippen molar-refractivity contribution in [1.82, 2.24) is 0 Å². The smallest absolute Gasteiger partial charge is 0.258 e. The summed E-state index contributed by atoms with van der Waals surface area (Å²) < 4.78 is 0. The third kappa shape index (κ3) is 6.44. The molecule has 2 aromatic rings. The second-order valence-corrected chi connectivity index (χ2v) is 5.78. The monoisotopic (exact) mass is 432 g/mol. The Balaban J connectivity index is 0.000000504. The minimum Gasteiger partial charge on any atom is -0.258 e. The van der Waals surface area contributed by atoms with Crippen LogP contribution in [-0.2, 0) is 0 Å². The van der Waals surface area contributed by atoms with Gasteiger partial charge in [-0.1, -0.05) is 19.0 Å². The highest BCUT2D eigenvalue weighted by Crippen LogP contribution is 2.30. The lowest BCUT2D eigenvalue weighted by atomic mass is 10.3. The summed E-state index contributed by atoms with van der Waals surface area (Å²) in [6.45, 7) is 0. The number of halogens is 1. The molecule has 0 N–H and O–H groups in total. The molecule has 0 aromatic heterocycles. The lowest BCUT2D eigenvalue weighted by Crippen LogP contribution is -1.93. The molecule has 0 radical (unpaired) electrons. The first-order valence-corrected chi connectivity index (χ1v) is 8.24. The van der Waals surface area contributed by atoms with E-state index in [0.29, 0.717) is 4.90 Å². The Bertz CT molecular complexity index is 924. The molecule has 0 aliphatic heterocycles. The van der Waals surface area contributed by atoms with Gasteiger partial charge in [0.25, 0.3) is 22.7 Å². The van der Waals surface area contributed by atoms with E-state index in [2.05, 4.69) is 0 Å². The maximum atomic E-state index is 10.5. The molecule has 0 heterocycles. The summed E-state index contributed by atoms with van der Waals surface area (Å²) in [5, 5.41) is 41.3. The summed E-state index contributed by atoms with van der Waals surface area (Å²) in [5.74, 6) is 0. The van der Waals surface area contributed by atoms with Crippen molar-refractivity contribution in [3.05, 3.63) is 81.9 Å². The third-order valence-corrected chi connectivity index (χ3v) is 4.01. The normalized spacial score (nSPS) is 9.36. The van der Waals surface area contributed by atoms with E-state index in [1.165, 1.54) is 23.9 Å². The Labute approximate surface area is 166 Å². The quantitative estimate of drug-likeness (QED) is 0.357. The molecule has 2 rings (SSSR count). The van der Waals surface area contributed by atoms with Crippen LogP contribution in [0, 0.1) is 40.5 Å². The van der Waals surface area contributed by atoms with Crippen LogP contribution in [0.15, 0.2) is 41.3 Å². The van der Waals surface area contributed by atoms with Gasteiger partial charge < -0.3 is 0 Å². The van der Waals surface area contributed by atoms with Crippen molar-refractivity contribution >= 4 is 46.1 Å². The number of nitro benzene ring substituents is 4. The Morgan fingerprint density at radius 2 is 1.18 bits per heavy atom. The molecule has 28 heavy (non-hydrogen) atoms. The fourth-order valence-electron chi connectivity index (χ4n) is 1.69. The predicted molar refractivity (Wildman–Crippen MR) is 103 cm³/mol. The summed E-state index contributed by atoms with van der Waals surface area (Å²) in [6.07, 6.45) is 1.67. The van der Waals surface area contributed by atoms with Gasteiger partial charge in [0.1, 0.15) is 5.02 Å². The van der Waals surface area contributed by atoms with E-state index in [1.807, 2.05) is 0 Å². The van der Waals surface area contributed by atoms with Crippen LogP contribution < -0.4 is 0 Å². The van der Waals surface area contributed by atoms with E-state index in [-0.39, 0.29) is 29.5 Å².